The van der Waals surface area contributed by atoms with Gasteiger partial charge in [0.05, 0.1) is 0 Å². The molecular weight excluding hydrogens is 144 g/mol. The van der Waals surface area contributed by atoms with E-state index in [0.29, 0.717) is 0 Å². The summed E-state index contributed by atoms with van der Waals surface area (Å²) in [5.74, 6) is 2.83. The first-order chi connectivity index (χ1) is 3.46. The van der Waals surface area contributed by atoms with Gasteiger partial charge in [-0.25, -0.2) is 0 Å². The summed E-state index contributed by atoms with van der Waals surface area (Å²) in [6.45, 7) is 12.5. The third kappa shape index (κ3) is 770. The van der Waals surface area contributed by atoms with Crippen molar-refractivity contribution in [3.63, 3.8) is 0 Å². The normalized spacial score (nSPS) is 8.00. The van der Waals surface area contributed by atoms with E-state index in [-0.39, 0.29) is 21.7 Å². The van der Waals surface area contributed by atoms with Crippen LogP contribution in [0.25, 0.3) is 0 Å². The average Bonchev–Trinajstić information content (AvgIpc) is 1.25. The van der Waals surface area contributed by atoms with Crippen molar-refractivity contribution in [1.82, 2.24) is 0 Å². The van der Waals surface area contributed by atoms with Gasteiger partial charge in [0, 0.05) is 0 Å². The molecule has 0 amide bonds. The molecule has 0 spiro atoms. The monoisotopic (exact) mass is 162 g/mol. The van der Waals surface area contributed by atoms with Crippen LogP contribution < -0.4 is 0 Å². The Balaban J connectivity index is -0.0000000720. The van der Waals surface area contributed by atoms with Crippen molar-refractivity contribution in [2.75, 3.05) is 0 Å². The van der Waals surface area contributed by atoms with Gasteiger partial charge < -0.3 is 11.8 Å². The third-order valence-corrected chi connectivity index (χ3v) is 0. The summed E-state index contributed by atoms with van der Waals surface area (Å²) in [6, 6.07) is 0. The second-order valence-electron chi connectivity index (χ2n) is 3.00. The Hall–Kier alpha value is 0.714. The molecule has 54 valence electrons. The molecule has 0 N–H and O–H groups in total. The van der Waals surface area contributed by atoms with Gasteiger partial charge in [0.2, 0.25) is 0 Å². The van der Waals surface area contributed by atoms with Gasteiger partial charge in [-0.1, -0.05) is 0 Å². The van der Waals surface area contributed by atoms with E-state index < -0.39 is 0 Å². The average molecular weight is 162 g/mol. The van der Waals surface area contributed by atoms with Crippen molar-refractivity contribution in [1.29, 1.82) is 0 Å². The van der Waals surface area contributed by atoms with Crippen LogP contribution in [0.15, 0.2) is 0 Å². The Kier molecular flexibility index (Phi) is 20.9. The Bertz CT molecular complexity index is 20.0. The smallest absolute Gasteiger partial charge is 0.323 e. The summed E-state index contributed by atoms with van der Waals surface area (Å²) < 4.78 is 0. The second kappa shape index (κ2) is 11.5. The van der Waals surface area contributed by atoms with Crippen molar-refractivity contribution in [2.45, 2.75) is 41.5 Å². The van der Waals surface area contributed by atoms with Crippen LogP contribution in [0.2, 0.25) is 0 Å². The topological polar surface area (TPSA) is 0 Å². The first kappa shape index (κ1) is 16.4. The molecule has 0 aromatic heterocycles. The maximum absolute atomic E-state index is 2.08. The maximum atomic E-state index is 2.08. The molecule has 0 bridgehead atoms. The molecule has 9 heavy (non-hydrogen) atoms. The molecule has 0 atom stereocenters. The van der Waals surface area contributed by atoms with Gasteiger partial charge in [-0.15, -0.1) is 0 Å². The van der Waals surface area contributed by atoms with E-state index in [4.69, 9.17) is 0 Å². The number of hydrogen-bond donors (Lipinski definition) is 0. The molecule has 0 fully saturated rings. The van der Waals surface area contributed by atoms with Crippen molar-refractivity contribution in [3.05, 3.63) is 11.8 Å². The Morgan fingerprint density at radius 3 is 0.556 bits per heavy atom. The van der Waals surface area contributed by atoms with E-state index in [1.807, 2.05) is 0 Å². The molecule has 1 heteroatoms. The first-order valence-electron chi connectivity index (χ1n) is 3.00. The van der Waals surface area contributed by atoms with Gasteiger partial charge in [0.25, 0.3) is 0 Å². The fourth-order valence-corrected chi connectivity index (χ4v) is 0. The van der Waals surface area contributed by atoms with Gasteiger partial charge in [-0.05, 0) is 0 Å². The van der Waals surface area contributed by atoms with Crippen molar-refractivity contribution >= 4 is 0 Å². The third-order valence-electron chi connectivity index (χ3n) is 0. The standard InChI is InChI=1S/2C4H9.Ti/c2*1-4(2)3;/h2*1-3H3;/q2*-1;+2. The fourth-order valence-electron chi connectivity index (χ4n) is 0. The van der Waals surface area contributed by atoms with Crippen molar-refractivity contribution in [3.8, 4) is 0 Å². The maximum Gasteiger partial charge on any atom is 2.00 e. The summed E-state index contributed by atoms with van der Waals surface area (Å²) in [7, 11) is 0. The SMILES string of the molecule is C[C-](C)C.C[C-](C)C.[Ti+2]. The van der Waals surface area contributed by atoms with Crippen molar-refractivity contribution < 1.29 is 21.7 Å². The summed E-state index contributed by atoms with van der Waals surface area (Å²) in [6.07, 6.45) is 0. The quantitative estimate of drug-likeness (QED) is 0.379. The number of rotatable bonds is 0. The summed E-state index contributed by atoms with van der Waals surface area (Å²) in [5.41, 5.74) is 0. The van der Waals surface area contributed by atoms with Gasteiger partial charge >= 0.3 is 21.7 Å². The first-order valence-corrected chi connectivity index (χ1v) is 3.00. The molecule has 0 aliphatic carbocycles. The zero-order valence-corrected chi connectivity index (χ0v) is 9.06. The minimum absolute atomic E-state index is 0. The van der Waals surface area contributed by atoms with Crippen LogP contribution in [0.5, 0.6) is 0 Å². The molecule has 0 aliphatic heterocycles. The van der Waals surface area contributed by atoms with E-state index in [9.17, 15) is 0 Å². The van der Waals surface area contributed by atoms with Crippen molar-refractivity contribution in [2.24, 2.45) is 0 Å². The van der Waals surface area contributed by atoms with E-state index >= 15 is 0 Å². The van der Waals surface area contributed by atoms with Crippen LogP contribution in [-0.4, -0.2) is 0 Å². The summed E-state index contributed by atoms with van der Waals surface area (Å²) in [4.78, 5) is 0. The molecule has 0 saturated heterocycles. The predicted octanol–water partition coefficient (Wildman–Crippen LogP) is 3.24. The molecule has 0 aromatic rings. The van der Waals surface area contributed by atoms with E-state index in [1.165, 1.54) is 11.8 Å². The Morgan fingerprint density at radius 1 is 0.556 bits per heavy atom. The molecular formula is C8H18Ti. The Labute approximate surface area is 75.3 Å². The second-order valence-corrected chi connectivity index (χ2v) is 3.00. The minimum atomic E-state index is 0. The molecule has 0 unspecified atom stereocenters. The molecule has 0 nitrogen and oxygen atoms in total. The largest absolute Gasteiger partial charge is 2.00 e. The van der Waals surface area contributed by atoms with Crippen LogP contribution in [0.1, 0.15) is 41.5 Å². The molecule has 0 saturated carbocycles. The van der Waals surface area contributed by atoms with Gasteiger partial charge in [-0.2, -0.15) is 41.5 Å². The summed E-state index contributed by atoms with van der Waals surface area (Å²) >= 11 is 0. The summed E-state index contributed by atoms with van der Waals surface area (Å²) in [5, 5.41) is 0. The van der Waals surface area contributed by atoms with Crippen LogP contribution in [0.3, 0.4) is 0 Å². The predicted molar refractivity (Wildman–Crippen MR) is 40.5 cm³/mol. The van der Waals surface area contributed by atoms with Crippen LogP contribution in [-0.2, 0) is 21.7 Å². The minimum Gasteiger partial charge on any atom is -0.323 e. The zero-order chi connectivity index (χ0) is 7.15. The molecule has 0 radical (unpaired) electrons. The van der Waals surface area contributed by atoms with Gasteiger partial charge in [0.15, 0.2) is 0 Å². The van der Waals surface area contributed by atoms with E-state index in [2.05, 4.69) is 41.5 Å². The van der Waals surface area contributed by atoms with E-state index in [1.54, 1.807) is 0 Å². The Morgan fingerprint density at radius 2 is 0.556 bits per heavy atom. The molecule has 0 aliphatic rings. The van der Waals surface area contributed by atoms with Crippen LogP contribution >= 0.6 is 0 Å². The number of hydrogen-bond acceptors (Lipinski definition) is 0. The molecule has 0 rings (SSSR count). The van der Waals surface area contributed by atoms with E-state index in [0.717, 1.165) is 0 Å². The van der Waals surface area contributed by atoms with Crippen LogP contribution in [0, 0.1) is 11.8 Å². The van der Waals surface area contributed by atoms with Gasteiger partial charge in [-0.3, -0.25) is 0 Å². The zero-order valence-electron chi connectivity index (χ0n) is 7.50. The fraction of sp³-hybridized carbons (Fsp3) is 0.750. The van der Waals surface area contributed by atoms with Gasteiger partial charge in [0.1, 0.15) is 0 Å². The molecule has 0 aromatic carbocycles. The van der Waals surface area contributed by atoms with Crippen LogP contribution in [0.4, 0.5) is 0 Å². The molecule has 0 heterocycles.